The maximum atomic E-state index is 11.3. The van der Waals surface area contributed by atoms with Crippen molar-refractivity contribution >= 4 is 5.97 Å². The lowest BCUT2D eigenvalue weighted by Gasteiger charge is -2.17. The van der Waals surface area contributed by atoms with Gasteiger partial charge in [-0.15, -0.1) is 0 Å². The van der Waals surface area contributed by atoms with Crippen LogP contribution in [0, 0.1) is 0 Å². The fourth-order valence-electron chi connectivity index (χ4n) is 1.65. The highest BCUT2D eigenvalue weighted by molar-refractivity contribution is 5.71. The normalized spacial score (nSPS) is 10.9. The van der Waals surface area contributed by atoms with Gasteiger partial charge in [0.1, 0.15) is 0 Å². The van der Waals surface area contributed by atoms with Crippen LogP contribution in [0.15, 0.2) is 4.52 Å². The number of carbonyl (C=O) groups is 1. The van der Waals surface area contributed by atoms with E-state index >= 15 is 0 Å². The van der Waals surface area contributed by atoms with E-state index in [1.807, 2.05) is 4.90 Å². The summed E-state index contributed by atoms with van der Waals surface area (Å²) in [5, 5.41) is 3.89. The number of hydrogen-bond donors (Lipinski definition) is 0. The van der Waals surface area contributed by atoms with Crippen molar-refractivity contribution in [1.82, 2.24) is 15.0 Å². The van der Waals surface area contributed by atoms with Gasteiger partial charge in [0.25, 0.3) is 0 Å². The zero-order chi connectivity index (χ0) is 13.4. The minimum Gasteiger partial charge on any atom is -0.468 e. The molecule has 0 aliphatic rings. The van der Waals surface area contributed by atoms with Gasteiger partial charge in [-0.2, -0.15) is 4.98 Å². The molecule has 1 aromatic heterocycles. The van der Waals surface area contributed by atoms with Crippen LogP contribution in [0.4, 0.5) is 0 Å². The van der Waals surface area contributed by atoms with E-state index in [0.29, 0.717) is 12.4 Å². The van der Waals surface area contributed by atoms with Gasteiger partial charge < -0.3 is 9.26 Å². The molecule has 0 aromatic carbocycles. The number of esters is 1. The maximum Gasteiger partial charge on any atom is 0.319 e. The quantitative estimate of drug-likeness (QED) is 0.654. The summed E-state index contributed by atoms with van der Waals surface area (Å²) in [6, 6.07) is 0. The van der Waals surface area contributed by atoms with Gasteiger partial charge in [0.15, 0.2) is 5.82 Å². The van der Waals surface area contributed by atoms with Gasteiger partial charge in [0.05, 0.1) is 20.2 Å². The first-order valence-corrected chi connectivity index (χ1v) is 6.30. The lowest BCUT2D eigenvalue weighted by Crippen LogP contribution is -2.31. The molecule has 0 atom stereocenters. The van der Waals surface area contributed by atoms with Crippen molar-refractivity contribution in [2.24, 2.45) is 0 Å². The number of nitrogens with zero attached hydrogens (tertiary/aromatic N) is 3. The van der Waals surface area contributed by atoms with Crippen LogP contribution >= 0.6 is 0 Å². The first-order chi connectivity index (χ1) is 8.69. The number of rotatable bonds is 8. The van der Waals surface area contributed by atoms with Crippen LogP contribution in [-0.2, 0) is 22.5 Å². The second-order valence-corrected chi connectivity index (χ2v) is 4.14. The predicted molar refractivity (Wildman–Crippen MR) is 65.9 cm³/mol. The minimum atomic E-state index is -0.253. The molecule has 0 fully saturated rings. The van der Waals surface area contributed by atoms with Crippen molar-refractivity contribution in [3.8, 4) is 0 Å². The Morgan fingerprint density at radius 3 is 2.78 bits per heavy atom. The Kier molecular flexibility index (Phi) is 6.35. The van der Waals surface area contributed by atoms with E-state index in [1.165, 1.54) is 7.11 Å². The van der Waals surface area contributed by atoms with Crippen LogP contribution in [0.25, 0.3) is 0 Å². The van der Waals surface area contributed by atoms with Crippen molar-refractivity contribution < 1.29 is 14.1 Å². The number of ether oxygens (including phenoxy) is 1. The summed E-state index contributed by atoms with van der Waals surface area (Å²) in [6.07, 6.45) is 2.75. The first-order valence-electron chi connectivity index (χ1n) is 6.30. The smallest absolute Gasteiger partial charge is 0.319 e. The molecule has 6 heteroatoms. The molecule has 102 valence electrons. The van der Waals surface area contributed by atoms with Crippen LogP contribution in [0.2, 0.25) is 0 Å². The van der Waals surface area contributed by atoms with E-state index in [4.69, 9.17) is 4.52 Å². The van der Waals surface area contributed by atoms with E-state index in [2.05, 4.69) is 28.7 Å². The Morgan fingerprint density at radius 1 is 1.39 bits per heavy atom. The number of methoxy groups -OCH3 is 1. The first kappa shape index (κ1) is 14.6. The van der Waals surface area contributed by atoms with Crippen molar-refractivity contribution in [3.63, 3.8) is 0 Å². The fraction of sp³-hybridized carbons (Fsp3) is 0.750. The highest BCUT2D eigenvalue weighted by atomic mass is 16.5. The molecule has 0 saturated heterocycles. The van der Waals surface area contributed by atoms with Crippen molar-refractivity contribution in [1.29, 1.82) is 0 Å². The molecule has 1 heterocycles. The van der Waals surface area contributed by atoms with Gasteiger partial charge >= 0.3 is 5.97 Å². The van der Waals surface area contributed by atoms with Crippen molar-refractivity contribution in [2.75, 3.05) is 20.2 Å². The standard InChI is InChI=1S/C12H21N3O3/c1-4-6-10-13-11(18-14-10)8-15(7-5-2)9-12(16)17-3/h4-9H2,1-3H3. The van der Waals surface area contributed by atoms with Gasteiger partial charge in [0.2, 0.25) is 5.89 Å². The van der Waals surface area contributed by atoms with Crippen molar-refractivity contribution in [2.45, 2.75) is 39.7 Å². The monoisotopic (exact) mass is 255 g/mol. The second kappa shape index (κ2) is 7.81. The Bertz CT molecular complexity index is 365. The van der Waals surface area contributed by atoms with Crippen molar-refractivity contribution in [3.05, 3.63) is 11.7 Å². The predicted octanol–water partition coefficient (Wildman–Crippen LogP) is 1.41. The number of hydrogen-bond acceptors (Lipinski definition) is 6. The fourth-order valence-corrected chi connectivity index (χ4v) is 1.65. The summed E-state index contributed by atoms with van der Waals surface area (Å²) >= 11 is 0. The molecule has 1 rings (SSSR count). The molecule has 1 aromatic rings. The zero-order valence-corrected chi connectivity index (χ0v) is 11.3. The van der Waals surface area contributed by atoms with E-state index in [0.717, 1.165) is 31.6 Å². The lowest BCUT2D eigenvalue weighted by atomic mass is 10.3. The van der Waals surface area contributed by atoms with Gasteiger partial charge in [-0.25, -0.2) is 0 Å². The molecule has 0 amide bonds. The Hall–Kier alpha value is -1.43. The van der Waals surface area contributed by atoms with Gasteiger partial charge in [-0.1, -0.05) is 19.0 Å². The number of carbonyl (C=O) groups excluding carboxylic acids is 1. The molecule has 0 saturated carbocycles. The largest absolute Gasteiger partial charge is 0.468 e. The van der Waals surface area contributed by atoms with Crippen LogP contribution < -0.4 is 0 Å². The highest BCUT2D eigenvalue weighted by Crippen LogP contribution is 2.05. The number of aromatic nitrogens is 2. The molecular formula is C12H21N3O3. The maximum absolute atomic E-state index is 11.3. The van der Waals surface area contributed by atoms with Gasteiger partial charge in [-0.3, -0.25) is 9.69 Å². The summed E-state index contributed by atoms with van der Waals surface area (Å²) in [6.45, 7) is 5.65. The average molecular weight is 255 g/mol. The molecule has 0 aliphatic carbocycles. The topological polar surface area (TPSA) is 68.5 Å². The van der Waals surface area contributed by atoms with Crippen LogP contribution in [0.1, 0.15) is 38.4 Å². The summed E-state index contributed by atoms with van der Waals surface area (Å²) in [5.41, 5.74) is 0. The van der Waals surface area contributed by atoms with Gasteiger partial charge in [-0.05, 0) is 19.4 Å². The molecule has 0 aliphatic heterocycles. The Labute approximate surface area is 107 Å². The molecule has 0 bridgehead atoms. The van der Waals surface area contributed by atoms with Crippen LogP contribution in [0.5, 0.6) is 0 Å². The van der Waals surface area contributed by atoms with Crippen LogP contribution in [0.3, 0.4) is 0 Å². The summed E-state index contributed by atoms with van der Waals surface area (Å²) in [7, 11) is 1.39. The third kappa shape index (κ3) is 4.83. The third-order valence-electron chi connectivity index (χ3n) is 2.46. The molecule has 0 unspecified atom stereocenters. The van der Waals surface area contributed by atoms with E-state index < -0.39 is 0 Å². The Morgan fingerprint density at radius 2 is 2.17 bits per heavy atom. The minimum absolute atomic E-state index is 0.246. The van der Waals surface area contributed by atoms with E-state index in [-0.39, 0.29) is 12.5 Å². The molecule has 0 N–H and O–H groups in total. The molecule has 0 radical (unpaired) electrons. The van der Waals surface area contributed by atoms with Gasteiger partial charge in [0, 0.05) is 6.42 Å². The second-order valence-electron chi connectivity index (χ2n) is 4.14. The summed E-state index contributed by atoms with van der Waals surface area (Å²) in [4.78, 5) is 17.5. The molecule has 18 heavy (non-hydrogen) atoms. The summed E-state index contributed by atoms with van der Waals surface area (Å²) < 4.78 is 9.82. The SMILES string of the molecule is CCCc1noc(CN(CCC)CC(=O)OC)n1. The van der Waals surface area contributed by atoms with E-state index in [1.54, 1.807) is 0 Å². The zero-order valence-electron chi connectivity index (χ0n) is 11.3. The molecule has 6 nitrogen and oxygen atoms in total. The summed E-state index contributed by atoms with van der Waals surface area (Å²) in [5.74, 6) is 1.02. The third-order valence-corrected chi connectivity index (χ3v) is 2.46. The lowest BCUT2D eigenvalue weighted by molar-refractivity contribution is -0.142. The number of aryl methyl sites for hydroxylation is 1. The Balaban J connectivity index is 2.55. The van der Waals surface area contributed by atoms with Crippen LogP contribution in [-0.4, -0.2) is 41.2 Å². The van der Waals surface area contributed by atoms with E-state index in [9.17, 15) is 4.79 Å². The molecular weight excluding hydrogens is 234 g/mol. The average Bonchev–Trinajstić information content (AvgIpc) is 2.77. The molecule has 0 spiro atoms. The highest BCUT2D eigenvalue weighted by Gasteiger charge is 2.14.